The summed E-state index contributed by atoms with van der Waals surface area (Å²) >= 11 is 0. The van der Waals surface area contributed by atoms with E-state index in [0.29, 0.717) is 13.0 Å². The molecule has 0 bridgehead atoms. The summed E-state index contributed by atoms with van der Waals surface area (Å²) < 4.78 is 5.63. The lowest BCUT2D eigenvalue weighted by Gasteiger charge is -2.29. The number of aliphatic hydroxyl groups excluding tert-OH is 1. The molecule has 0 aliphatic rings. The number of nitrogens with two attached hydrogens (primary N) is 1. The average molecular weight is 217 g/mol. The van der Waals surface area contributed by atoms with Crippen LogP contribution in [0.1, 0.15) is 53.9 Å². The monoisotopic (exact) mass is 217 g/mol. The number of aliphatic hydroxyl groups is 1. The van der Waals surface area contributed by atoms with Crippen molar-refractivity contribution in [2.45, 2.75) is 71.1 Å². The molecule has 0 aromatic rings. The Morgan fingerprint density at radius 1 is 1.20 bits per heavy atom. The molecule has 0 spiro atoms. The predicted molar refractivity (Wildman–Crippen MR) is 63.8 cm³/mol. The standard InChI is InChI=1S/C12H27NO2/c1-6-11(3,4)15-9-10(14)8-12(5,13)7-2/h10,14H,6-9,13H2,1-5H3. The van der Waals surface area contributed by atoms with Crippen molar-refractivity contribution in [1.82, 2.24) is 0 Å². The fourth-order valence-corrected chi connectivity index (χ4v) is 1.17. The minimum atomic E-state index is -0.467. The highest BCUT2D eigenvalue weighted by Crippen LogP contribution is 2.17. The quantitative estimate of drug-likeness (QED) is 0.686. The second-order valence-corrected chi connectivity index (χ2v) is 5.29. The van der Waals surface area contributed by atoms with E-state index in [-0.39, 0.29) is 11.1 Å². The highest BCUT2D eigenvalue weighted by Gasteiger charge is 2.23. The zero-order valence-corrected chi connectivity index (χ0v) is 10.8. The molecule has 0 radical (unpaired) electrons. The van der Waals surface area contributed by atoms with Gasteiger partial charge >= 0.3 is 0 Å². The van der Waals surface area contributed by atoms with Gasteiger partial charge in [0.05, 0.1) is 18.3 Å². The second-order valence-electron chi connectivity index (χ2n) is 5.29. The molecule has 3 heteroatoms. The van der Waals surface area contributed by atoms with E-state index in [0.717, 1.165) is 12.8 Å². The first-order valence-electron chi connectivity index (χ1n) is 5.83. The Labute approximate surface area is 94.0 Å². The summed E-state index contributed by atoms with van der Waals surface area (Å²) in [5.41, 5.74) is 5.53. The molecule has 0 saturated heterocycles. The zero-order valence-electron chi connectivity index (χ0n) is 10.8. The van der Waals surface area contributed by atoms with Gasteiger partial charge in [-0.3, -0.25) is 0 Å². The second kappa shape index (κ2) is 5.83. The van der Waals surface area contributed by atoms with Gasteiger partial charge in [0.2, 0.25) is 0 Å². The van der Waals surface area contributed by atoms with Crippen LogP contribution in [0.25, 0.3) is 0 Å². The van der Waals surface area contributed by atoms with Gasteiger partial charge in [-0.25, -0.2) is 0 Å². The summed E-state index contributed by atoms with van der Waals surface area (Å²) in [6.45, 7) is 10.5. The van der Waals surface area contributed by atoms with Crippen molar-refractivity contribution < 1.29 is 9.84 Å². The fourth-order valence-electron chi connectivity index (χ4n) is 1.17. The SMILES string of the molecule is CCC(C)(N)CC(O)COC(C)(C)CC. The molecule has 0 amide bonds. The van der Waals surface area contributed by atoms with E-state index >= 15 is 0 Å². The topological polar surface area (TPSA) is 55.5 Å². The van der Waals surface area contributed by atoms with E-state index < -0.39 is 6.10 Å². The Morgan fingerprint density at radius 3 is 2.13 bits per heavy atom. The molecule has 3 nitrogen and oxygen atoms in total. The molecule has 0 heterocycles. The summed E-state index contributed by atoms with van der Waals surface area (Å²) in [6.07, 6.45) is 1.92. The number of hydrogen-bond acceptors (Lipinski definition) is 3. The molecule has 3 N–H and O–H groups in total. The van der Waals surface area contributed by atoms with Gasteiger partial charge in [0.25, 0.3) is 0 Å². The van der Waals surface area contributed by atoms with Gasteiger partial charge < -0.3 is 15.6 Å². The van der Waals surface area contributed by atoms with Crippen molar-refractivity contribution in [3.63, 3.8) is 0 Å². The first kappa shape index (κ1) is 14.9. The lowest BCUT2D eigenvalue weighted by molar-refractivity contribution is -0.0664. The van der Waals surface area contributed by atoms with E-state index in [9.17, 15) is 5.11 Å². The van der Waals surface area contributed by atoms with Crippen molar-refractivity contribution >= 4 is 0 Å². The van der Waals surface area contributed by atoms with Crippen LogP contribution < -0.4 is 5.73 Å². The number of rotatable bonds is 7. The molecular weight excluding hydrogens is 190 g/mol. The van der Waals surface area contributed by atoms with Crippen LogP contribution in [-0.2, 0) is 4.74 Å². The van der Waals surface area contributed by atoms with Crippen molar-refractivity contribution in [2.75, 3.05) is 6.61 Å². The molecule has 0 saturated carbocycles. The summed E-state index contributed by atoms with van der Waals surface area (Å²) in [5.74, 6) is 0. The molecule has 0 rings (SSSR count). The Morgan fingerprint density at radius 2 is 1.73 bits per heavy atom. The van der Waals surface area contributed by atoms with Crippen LogP contribution in [0.3, 0.4) is 0 Å². The maximum Gasteiger partial charge on any atom is 0.0791 e. The minimum Gasteiger partial charge on any atom is -0.391 e. The van der Waals surface area contributed by atoms with E-state index in [2.05, 4.69) is 6.92 Å². The van der Waals surface area contributed by atoms with Crippen LogP contribution in [0.4, 0.5) is 0 Å². The summed E-state index contributed by atoms with van der Waals surface area (Å²) in [6, 6.07) is 0. The summed E-state index contributed by atoms with van der Waals surface area (Å²) in [4.78, 5) is 0. The Bertz CT molecular complexity index is 178. The normalized spacial score (nSPS) is 18.6. The van der Waals surface area contributed by atoms with Crippen LogP contribution in [0.5, 0.6) is 0 Å². The third-order valence-electron chi connectivity index (χ3n) is 3.03. The summed E-state index contributed by atoms with van der Waals surface area (Å²) in [7, 11) is 0. The van der Waals surface area contributed by atoms with Crippen LogP contribution in [0.2, 0.25) is 0 Å². The molecule has 2 unspecified atom stereocenters. The zero-order chi connectivity index (χ0) is 12.1. The van der Waals surface area contributed by atoms with Crippen molar-refractivity contribution in [2.24, 2.45) is 5.73 Å². The smallest absolute Gasteiger partial charge is 0.0791 e. The van der Waals surface area contributed by atoms with Crippen molar-refractivity contribution in [3.8, 4) is 0 Å². The van der Waals surface area contributed by atoms with Gasteiger partial charge in [0, 0.05) is 5.54 Å². The maximum absolute atomic E-state index is 9.77. The highest BCUT2D eigenvalue weighted by atomic mass is 16.5. The third kappa shape index (κ3) is 6.88. The van der Waals surface area contributed by atoms with Gasteiger partial charge in [0.1, 0.15) is 0 Å². The van der Waals surface area contributed by atoms with Gasteiger partial charge in [-0.15, -0.1) is 0 Å². The molecule has 0 aromatic heterocycles. The molecule has 0 fully saturated rings. The molecule has 2 atom stereocenters. The first-order chi connectivity index (χ1) is 6.72. The lowest BCUT2D eigenvalue weighted by Crippen LogP contribution is -2.41. The number of hydrogen-bond donors (Lipinski definition) is 2. The fraction of sp³-hybridized carbons (Fsp3) is 1.00. The highest BCUT2D eigenvalue weighted by molar-refractivity contribution is 4.80. The molecule has 0 aromatic carbocycles. The van der Waals surface area contributed by atoms with Crippen molar-refractivity contribution in [3.05, 3.63) is 0 Å². The molecule has 0 aliphatic carbocycles. The Hall–Kier alpha value is -0.120. The van der Waals surface area contributed by atoms with Crippen LogP contribution in [-0.4, -0.2) is 29.0 Å². The van der Waals surface area contributed by atoms with E-state index in [1.165, 1.54) is 0 Å². The molecular formula is C12H27NO2. The average Bonchev–Trinajstić information content (AvgIpc) is 2.15. The van der Waals surface area contributed by atoms with Crippen LogP contribution >= 0.6 is 0 Å². The largest absolute Gasteiger partial charge is 0.391 e. The van der Waals surface area contributed by atoms with E-state index in [4.69, 9.17) is 10.5 Å². The van der Waals surface area contributed by atoms with Gasteiger partial charge in [-0.1, -0.05) is 13.8 Å². The van der Waals surface area contributed by atoms with Crippen LogP contribution in [0, 0.1) is 0 Å². The van der Waals surface area contributed by atoms with Crippen LogP contribution in [0.15, 0.2) is 0 Å². The van der Waals surface area contributed by atoms with Crippen molar-refractivity contribution in [1.29, 1.82) is 0 Å². The molecule has 15 heavy (non-hydrogen) atoms. The predicted octanol–water partition coefficient (Wildman–Crippen LogP) is 2.07. The van der Waals surface area contributed by atoms with E-state index in [1.54, 1.807) is 0 Å². The summed E-state index contributed by atoms with van der Waals surface area (Å²) in [5, 5.41) is 9.77. The molecule has 0 aliphatic heterocycles. The lowest BCUT2D eigenvalue weighted by atomic mass is 9.93. The van der Waals surface area contributed by atoms with Gasteiger partial charge in [0.15, 0.2) is 0 Å². The number of ether oxygens (including phenoxy) is 1. The Kier molecular flexibility index (Phi) is 5.78. The third-order valence-corrected chi connectivity index (χ3v) is 3.03. The minimum absolute atomic E-state index is 0.155. The maximum atomic E-state index is 9.77. The van der Waals surface area contributed by atoms with Gasteiger partial charge in [-0.2, -0.15) is 0 Å². The molecule has 92 valence electrons. The first-order valence-corrected chi connectivity index (χ1v) is 5.83. The van der Waals surface area contributed by atoms with E-state index in [1.807, 2.05) is 27.7 Å². The van der Waals surface area contributed by atoms with Gasteiger partial charge in [-0.05, 0) is 40.0 Å². The Balaban J connectivity index is 3.90.